The second-order valence-corrected chi connectivity index (χ2v) is 6.14. The Morgan fingerprint density at radius 2 is 1.86 bits per heavy atom. The van der Waals surface area contributed by atoms with Crippen LogP contribution in [0.2, 0.25) is 0 Å². The number of rotatable bonds is 3. The second kappa shape index (κ2) is 5.15. The lowest BCUT2D eigenvalue weighted by molar-refractivity contribution is -0.118. The van der Waals surface area contributed by atoms with E-state index < -0.39 is 5.41 Å². The molecule has 2 aromatic rings. The highest BCUT2D eigenvalue weighted by molar-refractivity contribution is 9.10. The molecule has 3 rings (SSSR count). The van der Waals surface area contributed by atoms with Gasteiger partial charge >= 0.3 is 0 Å². The molecular weight excluding hydrogens is 335 g/mol. The van der Waals surface area contributed by atoms with E-state index in [4.69, 9.17) is 5.73 Å². The predicted molar refractivity (Wildman–Crippen MR) is 84.5 cm³/mol. The summed E-state index contributed by atoms with van der Waals surface area (Å²) in [5, 5.41) is 2.81. The van der Waals surface area contributed by atoms with Crippen LogP contribution in [0.25, 0.3) is 0 Å². The molecule has 0 atom stereocenters. The minimum absolute atomic E-state index is 0.112. The fourth-order valence-electron chi connectivity index (χ4n) is 2.41. The smallest absolute Gasteiger partial charge is 0.235 e. The van der Waals surface area contributed by atoms with E-state index in [1.165, 1.54) is 12.1 Å². The summed E-state index contributed by atoms with van der Waals surface area (Å²) < 4.78 is 13.9. The van der Waals surface area contributed by atoms with Crippen molar-refractivity contribution in [2.45, 2.75) is 18.3 Å². The van der Waals surface area contributed by atoms with Crippen molar-refractivity contribution in [1.82, 2.24) is 0 Å². The van der Waals surface area contributed by atoms with Gasteiger partial charge in [0.05, 0.1) is 11.1 Å². The molecule has 1 saturated carbocycles. The van der Waals surface area contributed by atoms with E-state index in [0.717, 1.165) is 18.4 Å². The molecule has 3 nitrogen and oxygen atoms in total. The summed E-state index contributed by atoms with van der Waals surface area (Å²) in [5.74, 6) is -0.496. The number of amides is 1. The minimum Gasteiger partial charge on any atom is -0.399 e. The first kappa shape index (κ1) is 14.1. The van der Waals surface area contributed by atoms with Gasteiger partial charge < -0.3 is 11.1 Å². The summed E-state index contributed by atoms with van der Waals surface area (Å²) in [6.45, 7) is 0. The van der Waals surface area contributed by atoms with Gasteiger partial charge in [0.1, 0.15) is 5.82 Å². The van der Waals surface area contributed by atoms with Gasteiger partial charge in [-0.05, 0) is 64.7 Å². The zero-order valence-electron chi connectivity index (χ0n) is 11.2. The Kier molecular flexibility index (Phi) is 3.45. The van der Waals surface area contributed by atoms with Crippen LogP contribution in [0.15, 0.2) is 46.9 Å². The van der Waals surface area contributed by atoms with Crippen LogP contribution >= 0.6 is 15.9 Å². The number of carbonyl (C=O) groups excluding carboxylic acids is 1. The van der Waals surface area contributed by atoms with Gasteiger partial charge in [0.15, 0.2) is 0 Å². The van der Waals surface area contributed by atoms with E-state index in [2.05, 4.69) is 21.2 Å². The van der Waals surface area contributed by atoms with Crippen LogP contribution in [0.5, 0.6) is 0 Å². The van der Waals surface area contributed by atoms with E-state index >= 15 is 0 Å². The predicted octanol–water partition coefficient (Wildman–Crippen LogP) is 3.84. The van der Waals surface area contributed by atoms with E-state index in [9.17, 15) is 9.18 Å². The van der Waals surface area contributed by atoms with Crippen LogP contribution in [-0.2, 0) is 10.2 Å². The van der Waals surface area contributed by atoms with Gasteiger partial charge in [-0.25, -0.2) is 4.39 Å². The molecule has 5 heteroatoms. The number of anilines is 2. The number of hydrogen-bond acceptors (Lipinski definition) is 2. The van der Waals surface area contributed by atoms with Crippen molar-refractivity contribution in [3.8, 4) is 0 Å². The van der Waals surface area contributed by atoms with Crippen molar-refractivity contribution in [2.75, 3.05) is 11.1 Å². The molecule has 1 aliphatic rings. The lowest BCUT2D eigenvalue weighted by Gasteiger charge is -2.17. The maximum Gasteiger partial charge on any atom is 0.235 e. The number of nitrogens with one attached hydrogen (secondary N) is 1. The summed E-state index contributed by atoms with van der Waals surface area (Å²) in [7, 11) is 0. The van der Waals surface area contributed by atoms with Crippen LogP contribution in [0.1, 0.15) is 18.4 Å². The normalized spacial score (nSPS) is 15.5. The van der Waals surface area contributed by atoms with Crippen molar-refractivity contribution in [1.29, 1.82) is 0 Å². The molecule has 0 aromatic heterocycles. The van der Waals surface area contributed by atoms with E-state index in [-0.39, 0.29) is 11.7 Å². The van der Waals surface area contributed by atoms with Crippen LogP contribution in [0, 0.1) is 5.82 Å². The van der Waals surface area contributed by atoms with Gasteiger partial charge in [-0.2, -0.15) is 0 Å². The standard InChI is InChI=1S/C16H14BrFN2O/c17-13-6-3-11(18)9-14(13)20-15(21)16(7-8-16)10-1-4-12(19)5-2-10/h1-6,9H,7-8,19H2,(H,20,21). The van der Waals surface area contributed by atoms with Gasteiger partial charge in [0, 0.05) is 10.2 Å². The number of carbonyl (C=O) groups is 1. The van der Waals surface area contributed by atoms with Crippen LogP contribution in [0.3, 0.4) is 0 Å². The third kappa shape index (κ3) is 2.65. The van der Waals surface area contributed by atoms with Gasteiger partial charge in [-0.15, -0.1) is 0 Å². The largest absolute Gasteiger partial charge is 0.399 e. The fourth-order valence-corrected chi connectivity index (χ4v) is 2.75. The summed E-state index contributed by atoms with van der Waals surface area (Å²) in [6.07, 6.45) is 1.57. The first-order valence-electron chi connectivity index (χ1n) is 6.64. The Hall–Kier alpha value is -1.88. The van der Waals surface area contributed by atoms with E-state index in [1.54, 1.807) is 18.2 Å². The Balaban J connectivity index is 1.85. The second-order valence-electron chi connectivity index (χ2n) is 5.28. The number of nitrogen functional groups attached to an aromatic ring is 1. The molecule has 0 radical (unpaired) electrons. The zero-order valence-corrected chi connectivity index (χ0v) is 12.8. The molecule has 1 amide bonds. The van der Waals surface area contributed by atoms with E-state index in [1.807, 2.05) is 12.1 Å². The van der Waals surface area contributed by atoms with Crippen LogP contribution in [-0.4, -0.2) is 5.91 Å². The van der Waals surface area contributed by atoms with Crippen molar-refractivity contribution in [3.05, 3.63) is 58.3 Å². The molecule has 0 heterocycles. The molecule has 0 unspecified atom stereocenters. The Morgan fingerprint density at radius 1 is 1.19 bits per heavy atom. The lowest BCUT2D eigenvalue weighted by Crippen LogP contribution is -2.28. The average molecular weight is 349 g/mol. The quantitative estimate of drug-likeness (QED) is 0.828. The monoisotopic (exact) mass is 348 g/mol. The summed E-state index contributed by atoms with van der Waals surface area (Å²) >= 11 is 3.31. The molecule has 0 aliphatic heterocycles. The molecule has 0 spiro atoms. The lowest BCUT2D eigenvalue weighted by atomic mass is 9.94. The summed E-state index contributed by atoms with van der Waals surface area (Å²) in [4.78, 5) is 12.6. The molecule has 21 heavy (non-hydrogen) atoms. The zero-order chi connectivity index (χ0) is 15.0. The minimum atomic E-state index is -0.514. The van der Waals surface area contributed by atoms with Gasteiger partial charge in [0.25, 0.3) is 0 Å². The maximum absolute atomic E-state index is 13.3. The molecule has 1 aliphatic carbocycles. The highest BCUT2D eigenvalue weighted by Gasteiger charge is 2.51. The van der Waals surface area contributed by atoms with Crippen molar-refractivity contribution >= 4 is 33.2 Å². The Morgan fingerprint density at radius 3 is 2.48 bits per heavy atom. The van der Waals surface area contributed by atoms with Crippen molar-refractivity contribution < 1.29 is 9.18 Å². The third-order valence-electron chi connectivity index (χ3n) is 3.82. The van der Waals surface area contributed by atoms with E-state index in [0.29, 0.717) is 15.8 Å². The molecule has 3 N–H and O–H groups in total. The topological polar surface area (TPSA) is 55.1 Å². The number of halogens is 2. The Labute approximate surface area is 130 Å². The molecule has 1 fully saturated rings. The van der Waals surface area contributed by atoms with Crippen molar-refractivity contribution in [3.63, 3.8) is 0 Å². The summed E-state index contributed by atoms with van der Waals surface area (Å²) in [6, 6.07) is 11.6. The van der Waals surface area contributed by atoms with Gasteiger partial charge in [-0.1, -0.05) is 12.1 Å². The molecule has 108 valence electrons. The highest BCUT2D eigenvalue weighted by Crippen LogP contribution is 2.49. The number of hydrogen-bond donors (Lipinski definition) is 2. The van der Waals surface area contributed by atoms with Crippen LogP contribution < -0.4 is 11.1 Å². The molecule has 0 saturated heterocycles. The van der Waals surface area contributed by atoms with Crippen LogP contribution in [0.4, 0.5) is 15.8 Å². The third-order valence-corrected chi connectivity index (χ3v) is 4.52. The van der Waals surface area contributed by atoms with Gasteiger partial charge in [0.2, 0.25) is 5.91 Å². The first-order chi connectivity index (χ1) is 10.0. The average Bonchev–Trinajstić information content (AvgIpc) is 3.25. The maximum atomic E-state index is 13.3. The number of nitrogens with two attached hydrogens (primary N) is 1. The first-order valence-corrected chi connectivity index (χ1v) is 7.43. The molecule has 2 aromatic carbocycles. The highest BCUT2D eigenvalue weighted by atomic mass is 79.9. The SMILES string of the molecule is Nc1ccc(C2(C(=O)Nc3cc(F)ccc3Br)CC2)cc1. The fraction of sp³-hybridized carbons (Fsp3) is 0.188. The molecule has 0 bridgehead atoms. The Bertz CT molecular complexity index is 696. The van der Waals surface area contributed by atoms with Crippen molar-refractivity contribution in [2.24, 2.45) is 0 Å². The number of benzene rings is 2. The summed E-state index contributed by atoms with van der Waals surface area (Å²) in [5.41, 5.74) is 7.23. The molecular formula is C16H14BrFN2O. The van der Waals surface area contributed by atoms with Gasteiger partial charge in [-0.3, -0.25) is 4.79 Å².